The zero-order chi connectivity index (χ0) is 19.1. The Morgan fingerprint density at radius 1 is 1.07 bits per heavy atom. The van der Waals surface area contributed by atoms with Crippen molar-refractivity contribution >= 4 is 27.5 Å². The predicted octanol–water partition coefficient (Wildman–Crippen LogP) is 4.02. The summed E-state index contributed by atoms with van der Waals surface area (Å²) in [5, 5.41) is 3.42. The average molecular weight is 432 g/mol. The minimum Gasteiger partial charge on any atom is -0.493 e. The maximum Gasteiger partial charge on any atom is 0.174 e. The molecule has 0 bridgehead atoms. The minimum atomic E-state index is -0.343. The van der Waals surface area contributed by atoms with Gasteiger partial charge in [-0.05, 0) is 52.9 Å². The van der Waals surface area contributed by atoms with Gasteiger partial charge >= 0.3 is 0 Å². The van der Waals surface area contributed by atoms with Crippen LogP contribution in [0.15, 0.2) is 39.6 Å². The molecule has 0 radical (unpaired) electrons. The molecular weight excluding hydrogens is 410 g/mol. The van der Waals surface area contributed by atoms with Crippen LogP contribution in [0.25, 0.3) is 0 Å². The standard InChI is InChI=1S/C21H22BrNO4/c1-26-17-10-11(9-12(22)21(17)27-2)18-19-13(5-3-7-15(19)24)23-14-6-4-8-16(25)20(14)18/h5,9-10,18-19,23H,3-4,6-8H2,1-2H3. The van der Waals surface area contributed by atoms with Crippen LogP contribution in [-0.4, -0.2) is 25.8 Å². The van der Waals surface area contributed by atoms with E-state index in [0.29, 0.717) is 24.3 Å². The van der Waals surface area contributed by atoms with Crippen LogP contribution in [0.5, 0.6) is 11.5 Å². The number of allylic oxidation sites excluding steroid dienone is 4. The zero-order valence-electron chi connectivity index (χ0n) is 15.4. The van der Waals surface area contributed by atoms with E-state index in [1.54, 1.807) is 14.2 Å². The topological polar surface area (TPSA) is 64.6 Å². The predicted molar refractivity (Wildman–Crippen MR) is 105 cm³/mol. The molecule has 1 heterocycles. The monoisotopic (exact) mass is 431 g/mol. The number of halogens is 1. The van der Waals surface area contributed by atoms with Crippen LogP contribution in [-0.2, 0) is 9.59 Å². The fraction of sp³-hybridized carbons (Fsp3) is 0.429. The van der Waals surface area contributed by atoms with Crippen molar-refractivity contribution in [3.05, 3.63) is 45.2 Å². The van der Waals surface area contributed by atoms with E-state index in [1.807, 2.05) is 12.1 Å². The molecule has 0 saturated heterocycles. The Morgan fingerprint density at radius 3 is 2.63 bits per heavy atom. The van der Waals surface area contributed by atoms with Crippen molar-refractivity contribution in [2.24, 2.45) is 5.92 Å². The summed E-state index contributed by atoms with van der Waals surface area (Å²) in [5.41, 5.74) is 3.57. The molecule has 1 N–H and O–H groups in total. The lowest BCUT2D eigenvalue weighted by Crippen LogP contribution is -2.42. The fourth-order valence-electron chi connectivity index (χ4n) is 4.49. The number of rotatable bonds is 3. The Bertz CT molecular complexity index is 886. The summed E-state index contributed by atoms with van der Waals surface area (Å²) in [6.07, 6.45) is 5.58. The van der Waals surface area contributed by atoms with E-state index in [2.05, 4.69) is 27.3 Å². The van der Waals surface area contributed by atoms with E-state index >= 15 is 0 Å². The van der Waals surface area contributed by atoms with Gasteiger partial charge in [-0.2, -0.15) is 0 Å². The lowest BCUT2D eigenvalue weighted by atomic mass is 9.68. The number of carbonyl (C=O) groups excluding carboxylic acids is 2. The summed E-state index contributed by atoms with van der Waals surface area (Å²) in [6.45, 7) is 0. The van der Waals surface area contributed by atoms with E-state index in [9.17, 15) is 9.59 Å². The summed E-state index contributed by atoms with van der Waals surface area (Å²) in [4.78, 5) is 25.7. The van der Waals surface area contributed by atoms with Gasteiger partial charge < -0.3 is 14.8 Å². The van der Waals surface area contributed by atoms with Gasteiger partial charge in [0.1, 0.15) is 5.78 Å². The molecule has 2 atom stereocenters. The summed E-state index contributed by atoms with van der Waals surface area (Å²) < 4.78 is 11.7. The van der Waals surface area contributed by atoms with E-state index in [1.165, 1.54) is 0 Å². The first-order valence-electron chi connectivity index (χ1n) is 9.22. The van der Waals surface area contributed by atoms with Crippen LogP contribution in [0.2, 0.25) is 0 Å². The number of fused-ring (bicyclic) bond motifs is 1. The zero-order valence-corrected chi connectivity index (χ0v) is 17.0. The average Bonchev–Trinajstić information content (AvgIpc) is 2.66. The van der Waals surface area contributed by atoms with Gasteiger partial charge in [0.15, 0.2) is 17.3 Å². The Balaban J connectivity index is 1.93. The first kappa shape index (κ1) is 18.3. The van der Waals surface area contributed by atoms with Crippen molar-refractivity contribution < 1.29 is 19.1 Å². The van der Waals surface area contributed by atoms with Gasteiger partial charge in [0.05, 0.1) is 24.6 Å². The van der Waals surface area contributed by atoms with E-state index in [0.717, 1.165) is 46.3 Å². The smallest absolute Gasteiger partial charge is 0.174 e. The molecule has 3 aliphatic rings. The third-order valence-corrected chi connectivity index (χ3v) is 6.24. The molecule has 0 saturated carbocycles. The van der Waals surface area contributed by atoms with Crippen molar-refractivity contribution in [1.82, 2.24) is 5.32 Å². The second-order valence-corrected chi connectivity index (χ2v) is 8.01. The van der Waals surface area contributed by atoms with Crippen molar-refractivity contribution in [3.8, 4) is 11.5 Å². The Labute approximate surface area is 166 Å². The van der Waals surface area contributed by atoms with Crippen molar-refractivity contribution in [2.75, 3.05) is 14.2 Å². The molecule has 6 heteroatoms. The van der Waals surface area contributed by atoms with E-state index in [4.69, 9.17) is 9.47 Å². The maximum absolute atomic E-state index is 12.9. The highest BCUT2D eigenvalue weighted by Gasteiger charge is 2.44. The lowest BCUT2D eigenvalue weighted by Gasteiger charge is -2.40. The molecule has 1 aliphatic heterocycles. The second-order valence-electron chi connectivity index (χ2n) is 7.15. The van der Waals surface area contributed by atoms with Gasteiger partial charge in [-0.3, -0.25) is 9.59 Å². The molecule has 1 aromatic carbocycles. The van der Waals surface area contributed by atoms with Gasteiger partial charge in [0.2, 0.25) is 0 Å². The lowest BCUT2D eigenvalue weighted by molar-refractivity contribution is -0.123. The molecule has 5 nitrogen and oxygen atoms in total. The highest BCUT2D eigenvalue weighted by molar-refractivity contribution is 9.10. The van der Waals surface area contributed by atoms with Crippen molar-refractivity contribution in [3.63, 3.8) is 0 Å². The van der Waals surface area contributed by atoms with Crippen LogP contribution in [0, 0.1) is 5.92 Å². The van der Waals surface area contributed by atoms with Gasteiger partial charge in [-0.15, -0.1) is 0 Å². The number of benzene rings is 1. The van der Waals surface area contributed by atoms with E-state index < -0.39 is 0 Å². The van der Waals surface area contributed by atoms with Crippen LogP contribution < -0.4 is 14.8 Å². The number of hydrogen-bond donors (Lipinski definition) is 1. The van der Waals surface area contributed by atoms with Gasteiger partial charge in [-0.25, -0.2) is 0 Å². The molecule has 4 rings (SSSR count). The fourth-order valence-corrected chi connectivity index (χ4v) is 5.11. The molecule has 0 amide bonds. The highest BCUT2D eigenvalue weighted by atomic mass is 79.9. The molecular formula is C21H22BrNO4. The van der Waals surface area contributed by atoms with Crippen LogP contribution in [0.4, 0.5) is 0 Å². The van der Waals surface area contributed by atoms with Crippen molar-refractivity contribution in [2.45, 2.75) is 38.0 Å². The van der Waals surface area contributed by atoms with E-state index in [-0.39, 0.29) is 23.4 Å². The number of carbonyl (C=O) groups is 2. The Kier molecular flexibility index (Phi) is 4.84. The SMILES string of the molecule is COc1cc(C2C3=C(CCCC3=O)NC3=CCCC(=O)C32)cc(Br)c1OC. The molecule has 2 unspecified atom stereocenters. The third kappa shape index (κ3) is 3.00. The number of hydrogen-bond acceptors (Lipinski definition) is 5. The van der Waals surface area contributed by atoms with Crippen LogP contribution in [0.1, 0.15) is 43.6 Å². The molecule has 0 fully saturated rings. The normalized spacial score (nSPS) is 24.6. The number of ether oxygens (including phenoxy) is 2. The summed E-state index contributed by atoms with van der Waals surface area (Å²) in [6, 6.07) is 3.84. The first-order valence-corrected chi connectivity index (χ1v) is 10.0. The van der Waals surface area contributed by atoms with Crippen LogP contribution in [0.3, 0.4) is 0 Å². The Hall–Kier alpha value is -2.08. The number of nitrogens with one attached hydrogen (secondary N) is 1. The first-order chi connectivity index (χ1) is 13.0. The van der Waals surface area contributed by atoms with Gasteiger partial charge in [0.25, 0.3) is 0 Å². The third-order valence-electron chi connectivity index (χ3n) is 5.65. The van der Waals surface area contributed by atoms with Gasteiger partial charge in [-0.1, -0.05) is 6.08 Å². The summed E-state index contributed by atoms with van der Waals surface area (Å²) >= 11 is 3.55. The summed E-state index contributed by atoms with van der Waals surface area (Å²) in [5.74, 6) is 0.872. The minimum absolute atomic E-state index is 0.136. The van der Waals surface area contributed by atoms with Crippen molar-refractivity contribution in [1.29, 1.82) is 0 Å². The summed E-state index contributed by atoms with van der Waals surface area (Å²) in [7, 11) is 3.17. The quantitative estimate of drug-likeness (QED) is 0.782. The number of methoxy groups -OCH3 is 2. The molecule has 2 aliphatic carbocycles. The number of Topliss-reactive ketones (excluding diaryl/α,β-unsaturated/α-hetero) is 2. The molecule has 0 aromatic heterocycles. The molecule has 1 aromatic rings. The highest BCUT2D eigenvalue weighted by Crippen LogP contribution is 2.49. The van der Waals surface area contributed by atoms with Gasteiger partial charge in [0, 0.05) is 35.7 Å². The Morgan fingerprint density at radius 2 is 1.89 bits per heavy atom. The molecule has 0 spiro atoms. The maximum atomic E-state index is 12.9. The largest absolute Gasteiger partial charge is 0.493 e. The molecule has 142 valence electrons. The number of ketones is 2. The second kappa shape index (κ2) is 7.15. The molecule has 27 heavy (non-hydrogen) atoms. The van der Waals surface area contributed by atoms with Crippen LogP contribution >= 0.6 is 15.9 Å².